The van der Waals surface area contributed by atoms with Crippen molar-refractivity contribution in [1.82, 2.24) is 10.2 Å². The van der Waals surface area contributed by atoms with Gasteiger partial charge in [0.15, 0.2) is 0 Å². The third-order valence-corrected chi connectivity index (χ3v) is 9.68. The summed E-state index contributed by atoms with van der Waals surface area (Å²) in [5, 5.41) is 12.7. The van der Waals surface area contributed by atoms with Crippen LogP contribution in [0.15, 0.2) is 97.1 Å². The summed E-state index contributed by atoms with van der Waals surface area (Å²) in [6.45, 7) is -0.0551. The van der Waals surface area contributed by atoms with Crippen LogP contribution in [0.4, 0.5) is 13.2 Å². The van der Waals surface area contributed by atoms with Gasteiger partial charge >= 0.3 is 12.1 Å². The third kappa shape index (κ3) is 8.18. The molecule has 2 N–H and O–H groups in total. The van der Waals surface area contributed by atoms with Crippen molar-refractivity contribution >= 4 is 17.8 Å². The fraction of sp³-hybridized carbons (Fsp3) is 0.325. The first kappa shape index (κ1) is 34.7. The highest BCUT2D eigenvalue weighted by molar-refractivity contribution is 5.90. The molecule has 1 saturated carbocycles. The SMILES string of the molecule is O=C(O)CC(NC(=O)C1c2cc(OCc3ccccc3C(F)(F)F)ccc2CCN1C(=O)CC1CCCC1)c1ccc(-c2ccccc2)cc1. The zero-order chi connectivity index (χ0) is 35.3. The summed E-state index contributed by atoms with van der Waals surface area (Å²) < 4.78 is 46.8. The van der Waals surface area contributed by atoms with Gasteiger partial charge in [-0.1, -0.05) is 91.7 Å². The van der Waals surface area contributed by atoms with Crippen molar-refractivity contribution in [3.63, 3.8) is 0 Å². The molecule has 1 aliphatic heterocycles. The summed E-state index contributed by atoms with van der Waals surface area (Å²) in [5.41, 5.74) is 3.01. The number of carbonyl (C=O) groups excluding carboxylic acids is 2. The number of carbonyl (C=O) groups is 3. The number of rotatable bonds is 11. The minimum Gasteiger partial charge on any atom is -0.489 e. The summed E-state index contributed by atoms with van der Waals surface area (Å²) in [7, 11) is 0. The smallest absolute Gasteiger partial charge is 0.416 e. The Bertz CT molecular complexity index is 1820. The van der Waals surface area contributed by atoms with Gasteiger partial charge in [-0.3, -0.25) is 14.4 Å². The molecule has 6 rings (SSSR count). The normalized spacial score (nSPS) is 16.8. The zero-order valence-corrected chi connectivity index (χ0v) is 27.5. The first-order valence-corrected chi connectivity index (χ1v) is 16.9. The second kappa shape index (κ2) is 15.2. The maximum absolute atomic E-state index is 14.3. The minimum atomic E-state index is -4.55. The van der Waals surface area contributed by atoms with Crippen LogP contribution in [0.1, 0.15) is 78.4 Å². The molecular formula is C40H39F3N2O5. The lowest BCUT2D eigenvalue weighted by Crippen LogP contribution is -2.48. The molecule has 2 atom stereocenters. The van der Waals surface area contributed by atoms with E-state index < -0.39 is 35.7 Å². The number of hydrogen-bond donors (Lipinski definition) is 2. The molecule has 10 heteroatoms. The predicted octanol–water partition coefficient (Wildman–Crippen LogP) is 8.29. The Morgan fingerprint density at radius 3 is 2.26 bits per heavy atom. The molecule has 260 valence electrons. The molecule has 0 saturated heterocycles. The van der Waals surface area contributed by atoms with Gasteiger partial charge in [-0.2, -0.15) is 13.2 Å². The first-order valence-electron chi connectivity index (χ1n) is 16.9. The molecule has 2 amide bonds. The van der Waals surface area contributed by atoms with E-state index >= 15 is 0 Å². The van der Waals surface area contributed by atoms with Crippen molar-refractivity contribution in [3.8, 4) is 16.9 Å². The number of ether oxygens (including phenoxy) is 1. The molecule has 1 fully saturated rings. The van der Waals surface area contributed by atoms with Gasteiger partial charge in [0.05, 0.1) is 18.0 Å². The van der Waals surface area contributed by atoms with Crippen LogP contribution in [-0.4, -0.2) is 34.3 Å². The second-order valence-corrected chi connectivity index (χ2v) is 13.0. The van der Waals surface area contributed by atoms with E-state index in [1.165, 1.54) is 18.2 Å². The molecule has 7 nitrogen and oxygen atoms in total. The van der Waals surface area contributed by atoms with E-state index in [0.29, 0.717) is 30.5 Å². The fourth-order valence-corrected chi connectivity index (χ4v) is 7.11. The van der Waals surface area contributed by atoms with Crippen LogP contribution in [0.2, 0.25) is 0 Å². The molecule has 0 spiro atoms. The quantitative estimate of drug-likeness (QED) is 0.166. The first-order chi connectivity index (χ1) is 24.1. The fourth-order valence-electron chi connectivity index (χ4n) is 7.11. The average molecular weight is 685 g/mol. The molecule has 1 heterocycles. The van der Waals surface area contributed by atoms with Crippen molar-refractivity contribution < 1.29 is 37.4 Å². The third-order valence-electron chi connectivity index (χ3n) is 9.68. The van der Waals surface area contributed by atoms with Crippen LogP contribution in [0.3, 0.4) is 0 Å². The van der Waals surface area contributed by atoms with E-state index in [0.717, 1.165) is 48.4 Å². The Labute approximate surface area is 289 Å². The number of amides is 2. The summed E-state index contributed by atoms with van der Waals surface area (Å²) in [6.07, 6.45) is -0.129. The van der Waals surface area contributed by atoms with E-state index in [1.807, 2.05) is 42.5 Å². The summed E-state index contributed by atoms with van der Waals surface area (Å²) in [4.78, 5) is 41.7. The maximum atomic E-state index is 14.3. The van der Waals surface area contributed by atoms with Gasteiger partial charge < -0.3 is 20.1 Å². The van der Waals surface area contributed by atoms with Gasteiger partial charge in [-0.25, -0.2) is 0 Å². The monoisotopic (exact) mass is 684 g/mol. The molecule has 2 aliphatic rings. The van der Waals surface area contributed by atoms with Gasteiger partial charge in [0.2, 0.25) is 11.8 Å². The number of fused-ring (bicyclic) bond motifs is 1. The average Bonchev–Trinajstić information content (AvgIpc) is 3.63. The molecule has 0 bridgehead atoms. The van der Waals surface area contributed by atoms with Gasteiger partial charge in [0, 0.05) is 18.5 Å². The lowest BCUT2D eigenvalue weighted by molar-refractivity contribution is -0.143. The highest BCUT2D eigenvalue weighted by Crippen LogP contribution is 2.37. The van der Waals surface area contributed by atoms with Crippen molar-refractivity contribution in [2.75, 3.05) is 6.54 Å². The van der Waals surface area contributed by atoms with Crippen LogP contribution >= 0.6 is 0 Å². The number of aliphatic carboxylic acids is 1. The van der Waals surface area contributed by atoms with E-state index in [2.05, 4.69) is 5.32 Å². The molecule has 0 aromatic heterocycles. The van der Waals surface area contributed by atoms with Gasteiger partial charge in [0.25, 0.3) is 0 Å². The number of hydrogen-bond acceptors (Lipinski definition) is 4. The maximum Gasteiger partial charge on any atom is 0.416 e. The Morgan fingerprint density at radius 2 is 1.56 bits per heavy atom. The van der Waals surface area contributed by atoms with Crippen molar-refractivity contribution in [3.05, 3.63) is 125 Å². The van der Waals surface area contributed by atoms with Gasteiger partial charge in [-0.15, -0.1) is 0 Å². The minimum absolute atomic E-state index is 0.0322. The van der Waals surface area contributed by atoms with Crippen molar-refractivity contribution in [2.45, 2.75) is 69.8 Å². The molecular weight excluding hydrogens is 645 g/mol. The predicted molar refractivity (Wildman–Crippen MR) is 182 cm³/mol. The second-order valence-electron chi connectivity index (χ2n) is 13.0. The van der Waals surface area contributed by atoms with Crippen LogP contribution < -0.4 is 10.1 Å². The number of benzene rings is 4. The Kier molecular flexibility index (Phi) is 10.6. The van der Waals surface area contributed by atoms with Crippen molar-refractivity contribution in [2.24, 2.45) is 5.92 Å². The number of carboxylic acid groups (broad SMARTS) is 1. The summed E-state index contributed by atoms with van der Waals surface area (Å²) in [6, 6.07) is 25.3. The number of alkyl halides is 3. The number of nitrogens with zero attached hydrogens (tertiary/aromatic N) is 1. The van der Waals surface area contributed by atoms with Crippen molar-refractivity contribution in [1.29, 1.82) is 0 Å². The van der Waals surface area contributed by atoms with E-state index in [4.69, 9.17) is 4.74 Å². The molecule has 0 radical (unpaired) electrons. The standard InChI is InChI=1S/C40H39F3N2O5/c41-40(42,43)34-13-7-6-12-31(34)25-50-32-19-18-29-20-21-45(36(46)22-26-8-4-5-9-26)38(33(29)23-32)39(49)44-35(24-37(47)48)30-16-14-28(15-17-30)27-10-2-1-3-11-27/h1-3,6-7,10-19,23,26,35,38H,4-5,8-9,20-22,24-25H2,(H,44,49)(H,47,48). The molecule has 1 aliphatic carbocycles. The largest absolute Gasteiger partial charge is 0.489 e. The lowest BCUT2D eigenvalue weighted by Gasteiger charge is -2.38. The van der Waals surface area contributed by atoms with E-state index in [-0.39, 0.29) is 36.2 Å². The highest BCUT2D eigenvalue weighted by Gasteiger charge is 2.38. The van der Waals surface area contributed by atoms with Gasteiger partial charge in [-0.05, 0) is 71.2 Å². The number of carboxylic acids is 1. The summed E-state index contributed by atoms with van der Waals surface area (Å²) in [5.74, 6) is -1.31. The Balaban J connectivity index is 1.29. The molecule has 4 aromatic rings. The van der Waals surface area contributed by atoms with E-state index in [9.17, 15) is 32.7 Å². The molecule has 2 unspecified atom stereocenters. The molecule has 4 aromatic carbocycles. The van der Waals surface area contributed by atoms with Gasteiger partial charge in [0.1, 0.15) is 18.4 Å². The Hall–Kier alpha value is -5.12. The van der Waals surface area contributed by atoms with Crippen LogP contribution in [0, 0.1) is 5.92 Å². The zero-order valence-electron chi connectivity index (χ0n) is 27.5. The summed E-state index contributed by atoms with van der Waals surface area (Å²) >= 11 is 0. The molecule has 50 heavy (non-hydrogen) atoms. The topological polar surface area (TPSA) is 95.9 Å². The van der Waals surface area contributed by atoms with Crippen LogP contribution in [0.5, 0.6) is 5.75 Å². The van der Waals surface area contributed by atoms with E-state index in [1.54, 1.807) is 35.2 Å². The highest BCUT2D eigenvalue weighted by atomic mass is 19.4. The van der Waals surface area contributed by atoms with Crippen LogP contribution in [0.25, 0.3) is 11.1 Å². The lowest BCUT2D eigenvalue weighted by atomic mass is 9.90. The number of nitrogens with one attached hydrogen (secondary N) is 1. The van der Waals surface area contributed by atoms with Crippen LogP contribution in [-0.2, 0) is 33.6 Å². The number of halogens is 3. The Morgan fingerprint density at radius 1 is 0.880 bits per heavy atom.